The summed E-state index contributed by atoms with van der Waals surface area (Å²) in [5.41, 5.74) is 4.04. The molecule has 0 aliphatic carbocycles. The first kappa shape index (κ1) is 15.0. The summed E-state index contributed by atoms with van der Waals surface area (Å²) >= 11 is 12.8. The van der Waals surface area contributed by atoms with Crippen LogP contribution in [0.25, 0.3) is 11.1 Å². The van der Waals surface area contributed by atoms with E-state index in [0.29, 0.717) is 10.0 Å². The van der Waals surface area contributed by atoms with Crippen molar-refractivity contribution in [3.05, 3.63) is 46.4 Å². The number of rotatable bonds is 3. The lowest BCUT2D eigenvalue weighted by molar-refractivity contribution is 1.13. The second kappa shape index (κ2) is 5.94. The van der Waals surface area contributed by atoms with Gasteiger partial charge >= 0.3 is 0 Å². The third-order valence-electron chi connectivity index (χ3n) is 3.23. The summed E-state index contributed by atoms with van der Waals surface area (Å²) in [5.74, 6) is 0. The Morgan fingerprint density at radius 3 is 1.25 bits per heavy atom. The lowest BCUT2D eigenvalue weighted by atomic mass is 10.0. The monoisotopic (exact) mass is 308 g/mol. The van der Waals surface area contributed by atoms with E-state index in [-0.39, 0.29) is 0 Å². The zero-order chi connectivity index (χ0) is 14.9. The minimum absolute atomic E-state index is 0.704. The second-order valence-electron chi connectivity index (χ2n) is 5.12. The van der Waals surface area contributed by atoms with Gasteiger partial charge in [-0.3, -0.25) is 0 Å². The summed E-state index contributed by atoms with van der Waals surface area (Å²) in [7, 11) is 7.96. The molecule has 0 heterocycles. The number of hydrogen-bond donors (Lipinski definition) is 0. The van der Waals surface area contributed by atoms with E-state index in [2.05, 4.69) is 0 Å². The Morgan fingerprint density at radius 1 is 0.650 bits per heavy atom. The zero-order valence-electron chi connectivity index (χ0n) is 12.1. The first-order valence-electron chi connectivity index (χ1n) is 6.34. The molecule has 2 aromatic rings. The highest BCUT2D eigenvalue weighted by Crippen LogP contribution is 2.36. The van der Waals surface area contributed by atoms with E-state index in [0.717, 1.165) is 22.5 Å². The van der Waals surface area contributed by atoms with Crippen LogP contribution >= 0.6 is 23.2 Å². The van der Waals surface area contributed by atoms with Gasteiger partial charge < -0.3 is 9.80 Å². The van der Waals surface area contributed by atoms with Crippen LogP contribution in [0.3, 0.4) is 0 Å². The van der Waals surface area contributed by atoms with E-state index >= 15 is 0 Å². The maximum absolute atomic E-state index is 6.39. The SMILES string of the molecule is CN(C)c1ccc(-c2ccc(N(C)C)cc2Cl)c(Cl)c1. The molecule has 0 unspecified atom stereocenters. The summed E-state index contributed by atoms with van der Waals surface area (Å²) < 4.78 is 0. The Bertz CT molecular complexity index is 566. The molecule has 0 bridgehead atoms. The van der Waals surface area contributed by atoms with Crippen LogP contribution in [0, 0.1) is 0 Å². The normalized spacial score (nSPS) is 10.5. The van der Waals surface area contributed by atoms with Crippen molar-refractivity contribution in [1.82, 2.24) is 0 Å². The van der Waals surface area contributed by atoms with Gasteiger partial charge in [0.05, 0.1) is 10.0 Å². The standard InChI is InChI=1S/C16H18Cl2N2/c1-19(2)11-5-7-13(15(17)9-11)14-8-6-12(20(3)4)10-16(14)18/h5-10H,1-4H3. The summed E-state index contributed by atoms with van der Waals surface area (Å²) in [5, 5.41) is 1.41. The molecule has 0 N–H and O–H groups in total. The van der Waals surface area contributed by atoms with E-state index in [9.17, 15) is 0 Å². The van der Waals surface area contributed by atoms with Crippen molar-refractivity contribution < 1.29 is 0 Å². The van der Waals surface area contributed by atoms with Crippen molar-refractivity contribution in [2.45, 2.75) is 0 Å². The van der Waals surface area contributed by atoms with Crippen LogP contribution < -0.4 is 9.80 Å². The molecule has 0 amide bonds. The number of halogens is 2. The molecule has 0 aromatic heterocycles. The average molecular weight is 309 g/mol. The Labute approximate surface area is 130 Å². The van der Waals surface area contributed by atoms with Gasteiger partial charge in [-0.15, -0.1) is 0 Å². The van der Waals surface area contributed by atoms with Gasteiger partial charge in [0.2, 0.25) is 0 Å². The van der Waals surface area contributed by atoms with Crippen LogP contribution in [0.1, 0.15) is 0 Å². The second-order valence-corrected chi connectivity index (χ2v) is 5.93. The molecular formula is C16H18Cl2N2. The lowest BCUT2D eigenvalue weighted by Crippen LogP contribution is -2.08. The Morgan fingerprint density at radius 2 is 1.00 bits per heavy atom. The Kier molecular flexibility index (Phi) is 4.46. The molecule has 0 saturated carbocycles. The van der Waals surface area contributed by atoms with E-state index < -0.39 is 0 Å². The topological polar surface area (TPSA) is 6.48 Å². The van der Waals surface area contributed by atoms with Crippen molar-refractivity contribution in [2.24, 2.45) is 0 Å². The molecule has 0 atom stereocenters. The average Bonchev–Trinajstić information content (AvgIpc) is 2.38. The first-order valence-corrected chi connectivity index (χ1v) is 7.10. The smallest absolute Gasteiger partial charge is 0.0505 e. The fraction of sp³-hybridized carbons (Fsp3) is 0.250. The number of hydrogen-bond acceptors (Lipinski definition) is 2. The van der Waals surface area contributed by atoms with Gasteiger partial charge in [0.15, 0.2) is 0 Å². The van der Waals surface area contributed by atoms with Crippen molar-refractivity contribution >= 4 is 34.6 Å². The quantitative estimate of drug-likeness (QED) is 0.804. The van der Waals surface area contributed by atoms with Crippen LogP contribution in [0.15, 0.2) is 36.4 Å². The van der Waals surface area contributed by atoms with E-state index in [4.69, 9.17) is 23.2 Å². The Hall–Kier alpha value is -1.38. The van der Waals surface area contributed by atoms with Crippen molar-refractivity contribution in [3.8, 4) is 11.1 Å². The molecule has 20 heavy (non-hydrogen) atoms. The van der Waals surface area contributed by atoms with Crippen LogP contribution in [-0.4, -0.2) is 28.2 Å². The molecular weight excluding hydrogens is 291 g/mol. The molecule has 0 fully saturated rings. The van der Waals surface area contributed by atoms with Gasteiger partial charge in [0.1, 0.15) is 0 Å². The predicted octanol–water partition coefficient (Wildman–Crippen LogP) is 4.79. The highest BCUT2D eigenvalue weighted by Gasteiger charge is 2.10. The molecule has 4 heteroatoms. The molecule has 2 nitrogen and oxygen atoms in total. The van der Waals surface area contributed by atoms with E-state index in [1.54, 1.807) is 0 Å². The molecule has 0 aliphatic heterocycles. The highest BCUT2D eigenvalue weighted by atomic mass is 35.5. The minimum atomic E-state index is 0.704. The lowest BCUT2D eigenvalue weighted by Gasteiger charge is -2.17. The summed E-state index contributed by atoms with van der Waals surface area (Å²) in [6.07, 6.45) is 0. The largest absolute Gasteiger partial charge is 0.378 e. The number of anilines is 2. The summed E-state index contributed by atoms with van der Waals surface area (Å²) in [4.78, 5) is 4.04. The van der Waals surface area contributed by atoms with Crippen molar-refractivity contribution in [3.63, 3.8) is 0 Å². The minimum Gasteiger partial charge on any atom is -0.378 e. The van der Waals surface area contributed by atoms with Crippen molar-refractivity contribution in [1.29, 1.82) is 0 Å². The van der Waals surface area contributed by atoms with Gasteiger partial charge in [0, 0.05) is 50.7 Å². The van der Waals surface area contributed by atoms with Gasteiger partial charge in [-0.1, -0.05) is 35.3 Å². The van der Waals surface area contributed by atoms with Crippen LogP contribution in [-0.2, 0) is 0 Å². The maximum Gasteiger partial charge on any atom is 0.0505 e. The van der Waals surface area contributed by atoms with Crippen molar-refractivity contribution in [2.75, 3.05) is 38.0 Å². The van der Waals surface area contributed by atoms with Gasteiger partial charge in [0.25, 0.3) is 0 Å². The number of benzene rings is 2. The van der Waals surface area contributed by atoms with E-state index in [1.165, 1.54) is 0 Å². The van der Waals surface area contributed by atoms with Gasteiger partial charge in [-0.2, -0.15) is 0 Å². The summed E-state index contributed by atoms with van der Waals surface area (Å²) in [6, 6.07) is 12.0. The molecule has 0 spiro atoms. The molecule has 106 valence electrons. The molecule has 0 radical (unpaired) electrons. The van der Waals surface area contributed by atoms with Crippen LogP contribution in [0.4, 0.5) is 11.4 Å². The highest BCUT2D eigenvalue weighted by molar-refractivity contribution is 6.36. The molecule has 0 aliphatic rings. The first-order chi connectivity index (χ1) is 9.40. The number of nitrogens with zero attached hydrogens (tertiary/aromatic N) is 2. The maximum atomic E-state index is 6.39. The fourth-order valence-electron chi connectivity index (χ4n) is 2.00. The van der Waals surface area contributed by atoms with Crippen LogP contribution in [0.5, 0.6) is 0 Å². The Balaban J connectivity index is 2.46. The zero-order valence-corrected chi connectivity index (χ0v) is 13.6. The van der Waals surface area contributed by atoms with Crippen LogP contribution in [0.2, 0.25) is 10.0 Å². The van der Waals surface area contributed by atoms with Gasteiger partial charge in [-0.05, 0) is 24.3 Å². The van der Waals surface area contributed by atoms with Gasteiger partial charge in [-0.25, -0.2) is 0 Å². The fourth-order valence-corrected chi connectivity index (χ4v) is 2.55. The predicted molar refractivity (Wildman–Crippen MR) is 90.6 cm³/mol. The molecule has 2 rings (SSSR count). The summed E-state index contributed by atoms with van der Waals surface area (Å²) in [6.45, 7) is 0. The third kappa shape index (κ3) is 3.02. The molecule has 0 saturated heterocycles. The third-order valence-corrected chi connectivity index (χ3v) is 3.85. The molecule has 2 aromatic carbocycles. The van der Waals surface area contributed by atoms with E-state index in [1.807, 2.05) is 74.4 Å².